The Morgan fingerprint density at radius 3 is 2.43 bits per heavy atom. The van der Waals surface area contributed by atoms with E-state index in [1.54, 1.807) is 0 Å². The molecule has 0 spiro atoms. The summed E-state index contributed by atoms with van der Waals surface area (Å²) in [7, 11) is 0. The predicted octanol–water partition coefficient (Wildman–Crippen LogP) is -2.23. The van der Waals surface area contributed by atoms with E-state index in [1.165, 1.54) is 0 Å². The molecular weight excluding hydrogens is 94.1 g/mol. The monoisotopic (exact) mass is 105 g/mol. The third-order valence-electron chi connectivity index (χ3n) is 0.498. The molecule has 0 bridgehead atoms. The highest BCUT2D eigenvalue weighted by atomic mass is 16.3. The molecule has 0 aliphatic carbocycles. The molecule has 0 aliphatic heterocycles. The summed E-state index contributed by atoms with van der Waals surface area (Å²) in [6.45, 7) is 1.05. The van der Waals surface area contributed by atoms with Gasteiger partial charge < -0.3 is 10.8 Å². The van der Waals surface area contributed by atoms with E-state index in [1.807, 2.05) is 0 Å². The molecule has 7 heavy (non-hydrogen) atoms. The average molecular weight is 105 g/mol. The third-order valence-corrected chi connectivity index (χ3v) is 0.498. The first kappa shape index (κ1) is 6.84. The Kier molecular flexibility index (Phi) is 3.92. The van der Waals surface area contributed by atoms with E-state index in [2.05, 4.69) is 5.32 Å². The van der Waals surface area contributed by atoms with E-state index < -0.39 is 6.35 Å². The van der Waals surface area contributed by atoms with E-state index in [4.69, 9.17) is 16.6 Å². The van der Waals surface area contributed by atoms with Crippen LogP contribution < -0.4 is 16.8 Å². The fourth-order valence-corrected chi connectivity index (χ4v) is 0.231. The maximum atomic E-state index is 8.29. The van der Waals surface area contributed by atoms with Crippen LogP contribution in [0, 0.1) is 0 Å². The molecule has 0 rings (SSSR count). The molecule has 6 N–H and O–H groups in total. The second-order valence-corrected chi connectivity index (χ2v) is 1.19. The van der Waals surface area contributed by atoms with Crippen LogP contribution in [0.4, 0.5) is 0 Å². The van der Waals surface area contributed by atoms with Gasteiger partial charge in [-0.25, -0.2) is 0 Å². The zero-order chi connectivity index (χ0) is 5.70. The zero-order valence-electron chi connectivity index (χ0n) is 4.09. The van der Waals surface area contributed by atoms with Crippen molar-refractivity contribution in [2.75, 3.05) is 13.1 Å². The van der Waals surface area contributed by atoms with Crippen LogP contribution in [-0.2, 0) is 0 Å². The van der Waals surface area contributed by atoms with Gasteiger partial charge in [0.05, 0.1) is 0 Å². The lowest BCUT2D eigenvalue weighted by molar-refractivity contribution is 0.146. The first-order valence-electron chi connectivity index (χ1n) is 2.14. The average Bonchev–Trinajstić information content (AvgIpc) is 1.61. The van der Waals surface area contributed by atoms with Crippen molar-refractivity contribution >= 4 is 0 Å². The van der Waals surface area contributed by atoms with Crippen LogP contribution in [0.15, 0.2) is 0 Å². The van der Waals surface area contributed by atoms with Gasteiger partial charge in [-0.15, -0.1) is 0 Å². The third kappa shape index (κ3) is 5.84. The SMILES string of the molecule is NCCNC(N)O. The van der Waals surface area contributed by atoms with Crippen LogP contribution in [0.25, 0.3) is 0 Å². The lowest BCUT2D eigenvalue weighted by atomic mass is 10.6. The second-order valence-electron chi connectivity index (χ2n) is 1.19. The maximum Gasteiger partial charge on any atom is 0.157 e. The molecular formula is C3H11N3O. The lowest BCUT2D eigenvalue weighted by Crippen LogP contribution is -2.39. The van der Waals surface area contributed by atoms with Crippen LogP contribution in [0.1, 0.15) is 0 Å². The van der Waals surface area contributed by atoms with Crippen LogP contribution in [0.2, 0.25) is 0 Å². The van der Waals surface area contributed by atoms with E-state index in [0.717, 1.165) is 0 Å². The van der Waals surface area contributed by atoms with Crippen molar-refractivity contribution in [2.45, 2.75) is 6.35 Å². The van der Waals surface area contributed by atoms with Gasteiger partial charge in [0.2, 0.25) is 0 Å². The standard InChI is InChI=1S/C3H11N3O/c4-1-2-6-3(5)7/h3,6-7H,1-2,4-5H2. The minimum absolute atomic E-state index is 0.494. The molecule has 0 saturated heterocycles. The largest absolute Gasteiger partial charge is 0.366 e. The fourth-order valence-electron chi connectivity index (χ4n) is 0.231. The molecule has 0 heterocycles. The van der Waals surface area contributed by atoms with E-state index in [9.17, 15) is 0 Å². The molecule has 0 aromatic rings. The highest BCUT2D eigenvalue weighted by Gasteiger charge is 1.87. The smallest absolute Gasteiger partial charge is 0.157 e. The van der Waals surface area contributed by atoms with Crippen molar-refractivity contribution in [1.29, 1.82) is 0 Å². The van der Waals surface area contributed by atoms with E-state index >= 15 is 0 Å². The summed E-state index contributed by atoms with van der Waals surface area (Å²) in [6.07, 6.45) is -0.927. The van der Waals surface area contributed by atoms with E-state index in [-0.39, 0.29) is 0 Å². The summed E-state index contributed by atoms with van der Waals surface area (Å²) >= 11 is 0. The van der Waals surface area contributed by atoms with Gasteiger partial charge in [0.1, 0.15) is 0 Å². The number of hydrogen-bond acceptors (Lipinski definition) is 4. The zero-order valence-corrected chi connectivity index (χ0v) is 4.09. The van der Waals surface area contributed by atoms with Gasteiger partial charge in [-0.05, 0) is 0 Å². The van der Waals surface area contributed by atoms with Crippen LogP contribution in [0.3, 0.4) is 0 Å². The maximum absolute atomic E-state index is 8.29. The highest BCUT2D eigenvalue weighted by molar-refractivity contribution is 4.42. The molecule has 44 valence electrons. The second kappa shape index (κ2) is 4.01. The quantitative estimate of drug-likeness (QED) is 0.306. The lowest BCUT2D eigenvalue weighted by Gasteiger charge is -2.02. The number of rotatable bonds is 3. The summed E-state index contributed by atoms with van der Waals surface area (Å²) in [5.74, 6) is 0. The van der Waals surface area contributed by atoms with Crippen molar-refractivity contribution in [2.24, 2.45) is 11.5 Å². The Hall–Kier alpha value is -0.160. The van der Waals surface area contributed by atoms with Gasteiger partial charge in [-0.3, -0.25) is 11.1 Å². The summed E-state index contributed by atoms with van der Waals surface area (Å²) in [4.78, 5) is 0. The van der Waals surface area contributed by atoms with Gasteiger partial charge in [0, 0.05) is 13.1 Å². The summed E-state index contributed by atoms with van der Waals surface area (Å²) in [5.41, 5.74) is 9.91. The topological polar surface area (TPSA) is 84.3 Å². The first-order chi connectivity index (χ1) is 3.27. The first-order valence-corrected chi connectivity index (χ1v) is 2.14. The van der Waals surface area contributed by atoms with Gasteiger partial charge in [0.15, 0.2) is 6.35 Å². The van der Waals surface area contributed by atoms with Crippen molar-refractivity contribution in [1.82, 2.24) is 5.32 Å². The fraction of sp³-hybridized carbons (Fsp3) is 1.00. The Bertz CT molecular complexity index is 39.2. The van der Waals surface area contributed by atoms with Crippen molar-refractivity contribution in [3.05, 3.63) is 0 Å². The van der Waals surface area contributed by atoms with Crippen LogP contribution in [-0.4, -0.2) is 24.5 Å². The summed E-state index contributed by atoms with van der Waals surface area (Å²) in [5, 5.41) is 10.8. The van der Waals surface area contributed by atoms with Gasteiger partial charge in [0.25, 0.3) is 0 Å². The van der Waals surface area contributed by atoms with Gasteiger partial charge in [-0.2, -0.15) is 0 Å². The normalized spacial score (nSPS) is 14.1. The summed E-state index contributed by atoms with van der Waals surface area (Å²) < 4.78 is 0. The van der Waals surface area contributed by atoms with Crippen molar-refractivity contribution in [3.8, 4) is 0 Å². The molecule has 0 aromatic heterocycles. The molecule has 1 unspecified atom stereocenters. The minimum Gasteiger partial charge on any atom is -0.366 e. The van der Waals surface area contributed by atoms with E-state index in [0.29, 0.717) is 13.1 Å². The van der Waals surface area contributed by atoms with Crippen LogP contribution in [0.5, 0.6) is 0 Å². The number of nitrogens with one attached hydrogen (secondary N) is 1. The van der Waals surface area contributed by atoms with Gasteiger partial charge >= 0.3 is 0 Å². The molecule has 0 radical (unpaired) electrons. The molecule has 0 fully saturated rings. The Morgan fingerprint density at radius 2 is 2.29 bits per heavy atom. The molecule has 0 amide bonds. The molecule has 4 nitrogen and oxygen atoms in total. The molecule has 0 saturated carbocycles. The van der Waals surface area contributed by atoms with Gasteiger partial charge in [-0.1, -0.05) is 0 Å². The minimum atomic E-state index is -0.927. The Morgan fingerprint density at radius 1 is 1.71 bits per heavy atom. The molecule has 0 aromatic carbocycles. The van der Waals surface area contributed by atoms with Crippen molar-refractivity contribution in [3.63, 3.8) is 0 Å². The number of aliphatic hydroxyl groups excluding tert-OH is 1. The van der Waals surface area contributed by atoms with Crippen molar-refractivity contribution < 1.29 is 5.11 Å². The Balaban J connectivity index is 2.68. The highest BCUT2D eigenvalue weighted by Crippen LogP contribution is 1.54. The molecule has 1 atom stereocenters. The number of nitrogens with two attached hydrogens (primary N) is 2. The summed E-state index contributed by atoms with van der Waals surface area (Å²) in [6, 6.07) is 0. The number of aliphatic hydroxyl groups is 1. The number of hydrogen-bond donors (Lipinski definition) is 4. The molecule has 4 heteroatoms. The Labute approximate surface area is 42.5 Å². The molecule has 0 aliphatic rings. The van der Waals surface area contributed by atoms with Crippen LogP contribution >= 0.6 is 0 Å². The predicted molar refractivity (Wildman–Crippen MR) is 27.3 cm³/mol.